The van der Waals surface area contributed by atoms with Crippen molar-refractivity contribution in [3.8, 4) is 5.75 Å². The molecule has 1 saturated heterocycles. The number of fused-ring (bicyclic) bond motifs is 1. The summed E-state index contributed by atoms with van der Waals surface area (Å²) >= 11 is 0. The second-order valence-electron chi connectivity index (χ2n) is 8.51. The Balaban J connectivity index is 1.70. The first-order chi connectivity index (χ1) is 16.0. The van der Waals surface area contributed by atoms with Gasteiger partial charge < -0.3 is 9.84 Å². The van der Waals surface area contributed by atoms with Crippen LogP contribution in [0.4, 0.5) is 5.69 Å². The van der Waals surface area contributed by atoms with E-state index >= 15 is 0 Å². The Morgan fingerprint density at radius 2 is 1.85 bits per heavy atom. The maximum atomic E-state index is 13.3. The summed E-state index contributed by atoms with van der Waals surface area (Å²) in [6, 6.07) is 13.9. The Kier molecular flexibility index (Phi) is 5.21. The number of aliphatic hydroxyl groups excluding tert-OH is 1. The average Bonchev–Trinajstić information content (AvgIpc) is 3.09. The SMILES string of the molecule is Cc1ccc(N2C(=O)C(=O)/C(=C(\O)c3ccc4c(c3)CCCO4)C2c2ccncc2)c(C)c1. The fraction of sp³-hybridized carbons (Fsp3) is 0.222. The van der Waals surface area contributed by atoms with E-state index in [-0.39, 0.29) is 11.3 Å². The summed E-state index contributed by atoms with van der Waals surface area (Å²) in [7, 11) is 0. The summed E-state index contributed by atoms with van der Waals surface area (Å²) in [5, 5.41) is 11.3. The molecule has 0 radical (unpaired) electrons. The fourth-order valence-corrected chi connectivity index (χ4v) is 4.68. The quantitative estimate of drug-likeness (QED) is 0.364. The van der Waals surface area contributed by atoms with E-state index in [9.17, 15) is 14.7 Å². The van der Waals surface area contributed by atoms with Crippen LogP contribution in [0.15, 0.2) is 66.5 Å². The van der Waals surface area contributed by atoms with E-state index in [1.54, 1.807) is 30.6 Å². The van der Waals surface area contributed by atoms with E-state index < -0.39 is 17.7 Å². The van der Waals surface area contributed by atoms with Gasteiger partial charge in [-0.1, -0.05) is 17.7 Å². The Labute approximate surface area is 192 Å². The molecule has 166 valence electrons. The molecule has 6 heteroatoms. The maximum absolute atomic E-state index is 13.3. The molecule has 3 heterocycles. The minimum Gasteiger partial charge on any atom is -0.507 e. The first-order valence-electron chi connectivity index (χ1n) is 11.0. The van der Waals surface area contributed by atoms with Gasteiger partial charge in [-0.05, 0) is 79.8 Å². The van der Waals surface area contributed by atoms with Crippen LogP contribution in [-0.4, -0.2) is 28.4 Å². The predicted octanol–water partition coefficient (Wildman–Crippen LogP) is 4.65. The van der Waals surface area contributed by atoms with Crippen LogP contribution in [0.1, 0.15) is 40.3 Å². The molecular weight excluding hydrogens is 416 g/mol. The van der Waals surface area contributed by atoms with Crippen molar-refractivity contribution in [1.82, 2.24) is 4.98 Å². The fourth-order valence-electron chi connectivity index (χ4n) is 4.68. The maximum Gasteiger partial charge on any atom is 0.300 e. The molecule has 0 spiro atoms. The Bertz CT molecular complexity index is 1300. The van der Waals surface area contributed by atoms with E-state index in [2.05, 4.69) is 4.98 Å². The van der Waals surface area contributed by atoms with Crippen molar-refractivity contribution in [2.75, 3.05) is 11.5 Å². The number of aliphatic hydroxyl groups is 1. The Hall–Kier alpha value is -3.93. The highest BCUT2D eigenvalue weighted by atomic mass is 16.5. The Morgan fingerprint density at radius 1 is 1.06 bits per heavy atom. The number of nitrogens with zero attached hydrogens (tertiary/aromatic N) is 2. The summed E-state index contributed by atoms with van der Waals surface area (Å²) in [4.78, 5) is 32.2. The van der Waals surface area contributed by atoms with Crippen LogP contribution in [0.5, 0.6) is 5.75 Å². The molecule has 6 nitrogen and oxygen atoms in total. The topological polar surface area (TPSA) is 79.7 Å². The number of Topliss-reactive ketones (excluding diaryl/α,β-unsaturated/α-hetero) is 1. The predicted molar refractivity (Wildman–Crippen MR) is 125 cm³/mol. The molecule has 0 saturated carbocycles. The molecule has 1 amide bonds. The molecule has 2 aromatic carbocycles. The van der Waals surface area contributed by atoms with Crippen molar-refractivity contribution < 1.29 is 19.4 Å². The highest BCUT2D eigenvalue weighted by Gasteiger charge is 2.47. The number of carbonyl (C=O) groups is 2. The van der Waals surface area contributed by atoms with Crippen LogP contribution < -0.4 is 9.64 Å². The summed E-state index contributed by atoms with van der Waals surface area (Å²) in [6.45, 7) is 4.56. The van der Waals surface area contributed by atoms with Gasteiger partial charge >= 0.3 is 0 Å². The third kappa shape index (κ3) is 3.57. The lowest BCUT2D eigenvalue weighted by atomic mass is 9.94. The number of hydrogen-bond donors (Lipinski definition) is 1. The summed E-state index contributed by atoms with van der Waals surface area (Å²) in [5.41, 5.74) is 4.83. The smallest absolute Gasteiger partial charge is 0.300 e. The monoisotopic (exact) mass is 440 g/mol. The molecule has 1 atom stereocenters. The van der Waals surface area contributed by atoms with E-state index in [1.807, 2.05) is 44.2 Å². The van der Waals surface area contributed by atoms with Crippen LogP contribution in [-0.2, 0) is 16.0 Å². The molecule has 1 fully saturated rings. The van der Waals surface area contributed by atoms with Crippen LogP contribution in [0.3, 0.4) is 0 Å². The van der Waals surface area contributed by atoms with Gasteiger partial charge in [0.25, 0.3) is 11.7 Å². The van der Waals surface area contributed by atoms with Crippen LogP contribution >= 0.6 is 0 Å². The molecule has 2 aliphatic rings. The van der Waals surface area contributed by atoms with Gasteiger partial charge in [-0.2, -0.15) is 0 Å². The number of aromatic nitrogens is 1. The van der Waals surface area contributed by atoms with Gasteiger partial charge in [-0.3, -0.25) is 19.5 Å². The Morgan fingerprint density at radius 3 is 2.61 bits per heavy atom. The highest BCUT2D eigenvalue weighted by molar-refractivity contribution is 6.51. The zero-order chi connectivity index (χ0) is 23.1. The van der Waals surface area contributed by atoms with Crippen LogP contribution in [0, 0.1) is 13.8 Å². The number of ether oxygens (including phenoxy) is 1. The van der Waals surface area contributed by atoms with Crippen molar-refractivity contribution in [3.05, 3.63) is 94.3 Å². The molecule has 1 aromatic heterocycles. The van der Waals surface area contributed by atoms with Crippen molar-refractivity contribution in [2.24, 2.45) is 0 Å². The van der Waals surface area contributed by atoms with Gasteiger partial charge in [0.15, 0.2) is 0 Å². The first kappa shape index (κ1) is 20.9. The average molecular weight is 440 g/mol. The van der Waals surface area contributed by atoms with Crippen molar-refractivity contribution in [1.29, 1.82) is 0 Å². The largest absolute Gasteiger partial charge is 0.507 e. The standard InChI is InChI=1S/C27H24N2O4/c1-16-5-7-21(17(2)14-16)29-24(18-9-11-28-12-10-18)23(26(31)27(29)32)25(30)20-6-8-22-19(15-20)4-3-13-33-22/h5-12,14-15,24,30H,3-4,13H2,1-2H3/b25-23-. The third-order valence-electron chi connectivity index (χ3n) is 6.26. The third-order valence-corrected chi connectivity index (χ3v) is 6.26. The molecule has 1 N–H and O–H groups in total. The number of rotatable bonds is 3. The van der Waals surface area contributed by atoms with Gasteiger partial charge in [-0.25, -0.2) is 0 Å². The van der Waals surface area contributed by atoms with Crippen LogP contribution in [0.2, 0.25) is 0 Å². The van der Waals surface area contributed by atoms with Crippen molar-refractivity contribution >= 4 is 23.1 Å². The number of amides is 1. The molecule has 1 unspecified atom stereocenters. The normalized spacial score (nSPS) is 19.3. The van der Waals surface area contributed by atoms with Gasteiger partial charge in [0, 0.05) is 23.6 Å². The number of anilines is 1. The van der Waals surface area contributed by atoms with E-state index in [1.165, 1.54) is 4.90 Å². The van der Waals surface area contributed by atoms with Crippen LogP contribution in [0.25, 0.3) is 5.76 Å². The number of ketones is 1. The number of benzene rings is 2. The van der Waals surface area contributed by atoms with Gasteiger partial charge in [0.1, 0.15) is 11.5 Å². The lowest BCUT2D eigenvalue weighted by Crippen LogP contribution is -2.30. The molecule has 5 rings (SSSR count). The van der Waals surface area contributed by atoms with Gasteiger partial charge in [-0.15, -0.1) is 0 Å². The zero-order valence-corrected chi connectivity index (χ0v) is 18.5. The minimum atomic E-state index is -0.762. The zero-order valence-electron chi connectivity index (χ0n) is 18.5. The lowest BCUT2D eigenvalue weighted by molar-refractivity contribution is -0.132. The minimum absolute atomic E-state index is 0.0721. The molecule has 3 aromatic rings. The summed E-state index contributed by atoms with van der Waals surface area (Å²) in [6.07, 6.45) is 4.97. The second-order valence-corrected chi connectivity index (χ2v) is 8.51. The number of pyridine rings is 1. The lowest BCUT2D eigenvalue weighted by Gasteiger charge is -2.27. The molecule has 0 bridgehead atoms. The summed E-state index contributed by atoms with van der Waals surface area (Å²) in [5.74, 6) is -0.759. The number of hydrogen-bond acceptors (Lipinski definition) is 5. The molecule has 0 aliphatic carbocycles. The molecular formula is C27H24N2O4. The van der Waals surface area contributed by atoms with Crippen molar-refractivity contribution in [2.45, 2.75) is 32.7 Å². The molecule has 33 heavy (non-hydrogen) atoms. The van der Waals surface area contributed by atoms with E-state index in [4.69, 9.17) is 4.74 Å². The number of carbonyl (C=O) groups excluding carboxylic acids is 2. The highest BCUT2D eigenvalue weighted by Crippen LogP contribution is 2.43. The van der Waals surface area contributed by atoms with E-state index in [0.717, 1.165) is 35.3 Å². The van der Waals surface area contributed by atoms with E-state index in [0.29, 0.717) is 23.4 Å². The van der Waals surface area contributed by atoms with Crippen molar-refractivity contribution in [3.63, 3.8) is 0 Å². The second kappa shape index (κ2) is 8.20. The van der Waals surface area contributed by atoms with Gasteiger partial charge in [0.05, 0.1) is 18.2 Å². The first-order valence-corrected chi connectivity index (χ1v) is 11.0. The molecule has 2 aliphatic heterocycles. The summed E-state index contributed by atoms with van der Waals surface area (Å²) < 4.78 is 5.68. The number of aryl methyl sites for hydroxylation is 3. The van der Waals surface area contributed by atoms with Gasteiger partial charge in [0.2, 0.25) is 0 Å².